The zero-order valence-corrected chi connectivity index (χ0v) is 18.7. The zero-order valence-electron chi connectivity index (χ0n) is 17.7. The Labute approximate surface area is 170 Å². The van der Waals surface area contributed by atoms with Crippen LogP contribution in [0, 0.1) is 0 Å². The van der Waals surface area contributed by atoms with Gasteiger partial charge in [-0.1, -0.05) is 37.8 Å². The molecule has 1 aromatic rings. The molecule has 0 saturated carbocycles. The van der Waals surface area contributed by atoms with Crippen LogP contribution in [0.5, 0.6) is 0 Å². The number of carbonyl (C=O) groups excluding carboxylic acids is 1. The molecule has 0 bridgehead atoms. The van der Waals surface area contributed by atoms with Gasteiger partial charge in [-0.2, -0.15) is 0 Å². The highest BCUT2D eigenvalue weighted by Crippen LogP contribution is 2.35. The number of carbonyl (C=O) groups is 1. The molecule has 2 aliphatic rings. The summed E-state index contributed by atoms with van der Waals surface area (Å²) in [6.07, 6.45) is 4.00. The second kappa shape index (κ2) is 9.24. The van der Waals surface area contributed by atoms with Crippen LogP contribution in [-0.2, 0) is 16.0 Å². The summed E-state index contributed by atoms with van der Waals surface area (Å²) in [4.78, 5) is 16.9. The fourth-order valence-electron chi connectivity index (χ4n) is 3.99. The number of nitrogens with zero attached hydrogens (tertiary/aromatic N) is 2. The van der Waals surface area contributed by atoms with Gasteiger partial charge < -0.3 is 20.3 Å². The van der Waals surface area contributed by atoms with Crippen molar-refractivity contribution in [1.82, 2.24) is 4.90 Å². The van der Waals surface area contributed by atoms with E-state index in [1.54, 1.807) is 0 Å². The molecule has 0 aliphatic carbocycles. The molecule has 1 aromatic carbocycles. The fraction of sp³-hybridized carbons (Fsp3) is 0.591. The highest BCUT2D eigenvalue weighted by Gasteiger charge is 2.28. The van der Waals surface area contributed by atoms with Crippen molar-refractivity contribution in [3.05, 3.63) is 41.1 Å². The first kappa shape index (κ1) is 21.1. The molecule has 0 spiro atoms. The largest absolute Gasteiger partial charge is 0.366 e. The Bertz CT molecular complexity index is 721. The van der Waals surface area contributed by atoms with Crippen LogP contribution in [0.4, 0.5) is 5.69 Å². The summed E-state index contributed by atoms with van der Waals surface area (Å²) in [5.41, 5.74) is 9.89. The van der Waals surface area contributed by atoms with E-state index in [2.05, 4.69) is 47.6 Å². The average Bonchev–Trinajstić information content (AvgIpc) is 3.16. The number of fused-ring (bicyclic) bond motifs is 1. The maximum Gasteiger partial charge on any atom is 0.246 e. The molecule has 2 aliphatic heterocycles. The quantitative estimate of drug-likeness (QED) is 0.507. The fourth-order valence-corrected chi connectivity index (χ4v) is 4.75. The lowest BCUT2D eigenvalue weighted by Gasteiger charge is -2.35. The number of hydrogen-bond donors (Lipinski definition) is 1. The van der Waals surface area contributed by atoms with Crippen molar-refractivity contribution < 1.29 is 9.53 Å². The summed E-state index contributed by atoms with van der Waals surface area (Å²) in [6.45, 7) is 11.6. The van der Waals surface area contributed by atoms with E-state index in [1.165, 1.54) is 12.8 Å². The monoisotopic (exact) mass is 401 g/mol. The van der Waals surface area contributed by atoms with E-state index in [4.69, 9.17) is 10.5 Å². The van der Waals surface area contributed by atoms with Crippen LogP contribution in [0.3, 0.4) is 0 Å². The number of para-hydroxylation sites is 1. The number of anilines is 1. The van der Waals surface area contributed by atoms with Crippen molar-refractivity contribution >= 4 is 19.7 Å². The van der Waals surface area contributed by atoms with E-state index in [0.717, 1.165) is 61.2 Å². The minimum absolute atomic E-state index is 0.307. The lowest BCUT2D eigenvalue weighted by Crippen LogP contribution is -2.36. The number of primary amides is 1. The number of amides is 1. The van der Waals surface area contributed by atoms with E-state index in [1.807, 2.05) is 6.07 Å². The third kappa shape index (κ3) is 5.46. The van der Waals surface area contributed by atoms with Crippen LogP contribution in [0.25, 0.3) is 0 Å². The van der Waals surface area contributed by atoms with Crippen LogP contribution in [0.1, 0.15) is 24.8 Å². The molecule has 28 heavy (non-hydrogen) atoms. The van der Waals surface area contributed by atoms with Crippen molar-refractivity contribution in [2.45, 2.75) is 51.4 Å². The van der Waals surface area contributed by atoms with Gasteiger partial charge in [-0.3, -0.25) is 4.79 Å². The van der Waals surface area contributed by atoms with Gasteiger partial charge in [0.2, 0.25) is 5.91 Å². The van der Waals surface area contributed by atoms with Gasteiger partial charge in [-0.25, -0.2) is 0 Å². The van der Waals surface area contributed by atoms with Crippen molar-refractivity contribution in [3.63, 3.8) is 0 Å². The Hall–Kier alpha value is -1.63. The topological polar surface area (TPSA) is 58.8 Å². The van der Waals surface area contributed by atoms with Gasteiger partial charge >= 0.3 is 0 Å². The molecule has 2 heterocycles. The first-order chi connectivity index (χ1) is 13.3. The van der Waals surface area contributed by atoms with E-state index in [-0.39, 0.29) is 5.91 Å². The molecule has 3 rings (SSSR count). The van der Waals surface area contributed by atoms with Crippen LogP contribution in [0.2, 0.25) is 25.7 Å². The number of benzene rings is 1. The number of nitrogens with two attached hydrogens (primary N) is 1. The van der Waals surface area contributed by atoms with Crippen LogP contribution in [-0.4, -0.2) is 51.9 Å². The maximum absolute atomic E-state index is 12.3. The summed E-state index contributed by atoms with van der Waals surface area (Å²) < 4.78 is 6.10. The molecule has 6 heteroatoms. The molecule has 154 valence electrons. The summed E-state index contributed by atoms with van der Waals surface area (Å²) in [5.74, 6) is -0.307. The van der Waals surface area contributed by atoms with E-state index in [0.29, 0.717) is 13.2 Å². The molecular formula is C22H35N3O2Si. The molecular weight excluding hydrogens is 366 g/mol. The van der Waals surface area contributed by atoms with Crippen molar-refractivity contribution in [2.24, 2.45) is 5.73 Å². The lowest BCUT2D eigenvalue weighted by atomic mass is 9.94. The van der Waals surface area contributed by atoms with Gasteiger partial charge in [0.1, 0.15) is 6.73 Å². The van der Waals surface area contributed by atoms with Crippen LogP contribution < -0.4 is 10.6 Å². The zero-order chi connectivity index (χ0) is 20.1. The average molecular weight is 402 g/mol. The third-order valence-corrected chi connectivity index (χ3v) is 7.41. The lowest BCUT2D eigenvalue weighted by molar-refractivity contribution is -0.114. The normalized spacial score (nSPS) is 17.9. The second-order valence-electron chi connectivity index (χ2n) is 9.17. The van der Waals surface area contributed by atoms with Gasteiger partial charge in [0.25, 0.3) is 0 Å². The number of ether oxygens (including phenoxy) is 1. The smallest absolute Gasteiger partial charge is 0.246 e. The van der Waals surface area contributed by atoms with Gasteiger partial charge in [0.05, 0.1) is 0 Å². The van der Waals surface area contributed by atoms with Crippen molar-refractivity contribution in [2.75, 3.05) is 37.9 Å². The Morgan fingerprint density at radius 3 is 2.57 bits per heavy atom. The predicted octanol–water partition coefficient (Wildman–Crippen LogP) is 3.59. The minimum atomic E-state index is -1.13. The molecule has 2 N–H and O–H groups in total. The maximum atomic E-state index is 12.3. The van der Waals surface area contributed by atoms with Crippen molar-refractivity contribution in [1.29, 1.82) is 0 Å². The highest BCUT2D eigenvalue weighted by atomic mass is 28.3. The number of likely N-dealkylation sites (tertiary alicyclic amines) is 1. The number of hydrogen-bond acceptors (Lipinski definition) is 4. The van der Waals surface area contributed by atoms with Crippen LogP contribution in [0.15, 0.2) is 35.5 Å². The van der Waals surface area contributed by atoms with Gasteiger partial charge in [0.15, 0.2) is 0 Å². The van der Waals surface area contributed by atoms with E-state index < -0.39 is 8.07 Å². The van der Waals surface area contributed by atoms with Crippen LogP contribution >= 0.6 is 0 Å². The Morgan fingerprint density at radius 1 is 1.18 bits per heavy atom. The molecule has 1 fully saturated rings. The number of rotatable bonds is 9. The third-order valence-electron chi connectivity index (χ3n) is 5.70. The minimum Gasteiger partial charge on any atom is -0.366 e. The standard InChI is InChI=1S/C22H35N3O2Si/c1-28(2,3)15-14-27-17-25-20-9-5-4-8-18(20)16-19(22(23)26)21(25)10-13-24-11-6-7-12-24/h4-5,8-9H,6-7,10-17H2,1-3H3,(H2,23,26). The Morgan fingerprint density at radius 2 is 1.89 bits per heavy atom. The molecule has 1 amide bonds. The molecule has 0 aromatic heterocycles. The molecule has 0 radical (unpaired) electrons. The highest BCUT2D eigenvalue weighted by molar-refractivity contribution is 6.76. The summed E-state index contributed by atoms with van der Waals surface area (Å²) in [6, 6.07) is 9.44. The Balaban J connectivity index is 1.79. The van der Waals surface area contributed by atoms with E-state index >= 15 is 0 Å². The van der Waals surface area contributed by atoms with Gasteiger partial charge in [-0.05, 0) is 43.6 Å². The van der Waals surface area contributed by atoms with Gasteiger partial charge in [-0.15, -0.1) is 0 Å². The molecule has 5 nitrogen and oxygen atoms in total. The second-order valence-corrected chi connectivity index (χ2v) is 14.8. The first-order valence-electron chi connectivity index (χ1n) is 10.5. The summed E-state index contributed by atoms with van der Waals surface area (Å²) in [5, 5.41) is 0. The van der Waals surface area contributed by atoms with Gasteiger partial charge in [0, 0.05) is 51.0 Å². The summed E-state index contributed by atoms with van der Waals surface area (Å²) >= 11 is 0. The van der Waals surface area contributed by atoms with E-state index in [9.17, 15) is 4.79 Å². The molecule has 1 saturated heterocycles. The predicted molar refractivity (Wildman–Crippen MR) is 118 cm³/mol. The van der Waals surface area contributed by atoms with Crippen molar-refractivity contribution in [3.8, 4) is 0 Å². The SMILES string of the molecule is C[Si](C)(C)CCOCN1C(CCN2CCCC2)=C(C(N)=O)Cc2ccccc21. The molecule has 0 atom stereocenters. The summed E-state index contributed by atoms with van der Waals surface area (Å²) in [7, 11) is -1.13. The Kier molecular flexibility index (Phi) is 6.96. The molecule has 0 unspecified atom stereocenters. The first-order valence-corrected chi connectivity index (χ1v) is 14.2.